The minimum absolute atomic E-state index is 0.175. The molecule has 0 amide bonds. The molecular formula is C11H10F2O2. The van der Waals surface area contributed by atoms with Crippen LogP contribution in [0.15, 0.2) is 18.2 Å². The Hall–Kier alpha value is -1.29. The highest BCUT2D eigenvalue weighted by Crippen LogP contribution is 2.21. The fourth-order valence-electron chi connectivity index (χ4n) is 1.66. The molecule has 1 aromatic rings. The van der Waals surface area contributed by atoms with Crippen molar-refractivity contribution in [1.29, 1.82) is 0 Å². The van der Waals surface area contributed by atoms with Crippen LogP contribution in [0, 0.1) is 17.6 Å². The molecule has 15 heavy (non-hydrogen) atoms. The lowest BCUT2D eigenvalue weighted by Gasteiger charge is -2.07. The number of ether oxygens (including phenoxy) is 1. The molecule has 4 heteroatoms. The maximum absolute atomic E-state index is 13.3. The molecule has 0 N–H and O–H groups in total. The fourth-order valence-corrected chi connectivity index (χ4v) is 1.66. The zero-order chi connectivity index (χ0) is 10.8. The van der Waals surface area contributed by atoms with Crippen molar-refractivity contribution >= 4 is 5.78 Å². The average Bonchev–Trinajstić information content (AvgIpc) is 2.74. The van der Waals surface area contributed by atoms with Gasteiger partial charge in [-0.2, -0.15) is 0 Å². The molecular weight excluding hydrogens is 202 g/mol. The van der Waals surface area contributed by atoms with E-state index in [9.17, 15) is 13.6 Å². The number of hydrogen-bond acceptors (Lipinski definition) is 2. The molecule has 1 atom stereocenters. The molecule has 80 valence electrons. The van der Waals surface area contributed by atoms with Gasteiger partial charge in [0.25, 0.3) is 0 Å². The van der Waals surface area contributed by atoms with Gasteiger partial charge in [-0.1, -0.05) is 6.07 Å². The van der Waals surface area contributed by atoms with Crippen LogP contribution in [0.25, 0.3) is 0 Å². The van der Waals surface area contributed by atoms with Gasteiger partial charge in [0.1, 0.15) is 0 Å². The molecule has 1 aliphatic heterocycles. The molecule has 1 heterocycles. The van der Waals surface area contributed by atoms with E-state index in [-0.39, 0.29) is 17.3 Å². The van der Waals surface area contributed by atoms with Crippen LogP contribution in [-0.4, -0.2) is 19.0 Å². The third-order valence-corrected chi connectivity index (χ3v) is 2.52. The first-order valence-corrected chi connectivity index (χ1v) is 4.76. The van der Waals surface area contributed by atoms with Crippen molar-refractivity contribution in [2.45, 2.75) is 6.42 Å². The Morgan fingerprint density at radius 3 is 2.87 bits per heavy atom. The van der Waals surface area contributed by atoms with E-state index in [2.05, 4.69) is 0 Å². The van der Waals surface area contributed by atoms with E-state index >= 15 is 0 Å². The number of hydrogen-bond donors (Lipinski definition) is 0. The summed E-state index contributed by atoms with van der Waals surface area (Å²) in [6.07, 6.45) is 0.578. The van der Waals surface area contributed by atoms with Gasteiger partial charge in [0.2, 0.25) is 0 Å². The van der Waals surface area contributed by atoms with E-state index in [1.165, 1.54) is 12.1 Å². The van der Waals surface area contributed by atoms with Crippen molar-refractivity contribution in [2.24, 2.45) is 5.92 Å². The van der Waals surface area contributed by atoms with Crippen LogP contribution in [0.4, 0.5) is 8.78 Å². The Morgan fingerprint density at radius 1 is 1.40 bits per heavy atom. The Kier molecular flexibility index (Phi) is 2.77. The van der Waals surface area contributed by atoms with Gasteiger partial charge >= 0.3 is 0 Å². The van der Waals surface area contributed by atoms with Crippen LogP contribution < -0.4 is 0 Å². The lowest BCUT2D eigenvalue weighted by Crippen LogP contribution is -2.16. The van der Waals surface area contributed by atoms with E-state index in [4.69, 9.17) is 4.74 Å². The highest BCUT2D eigenvalue weighted by Gasteiger charge is 2.27. The number of rotatable bonds is 2. The van der Waals surface area contributed by atoms with Crippen molar-refractivity contribution in [2.75, 3.05) is 13.2 Å². The van der Waals surface area contributed by atoms with Gasteiger partial charge in [0.15, 0.2) is 17.4 Å². The number of benzene rings is 1. The first-order chi connectivity index (χ1) is 7.20. The Labute approximate surface area is 85.9 Å². The summed E-state index contributed by atoms with van der Waals surface area (Å²) in [7, 11) is 0. The van der Waals surface area contributed by atoms with Gasteiger partial charge < -0.3 is 4.74 Å². The molecule has 0 radical (unpaired) electrons. The molecule has 1 fully saturated rings. The Morgan fingerprint density at radius 2 is 2.20 bits per heavy atom. The quantitative estimate of drug-likeness (QED) is 0.702. The van der Waals surface area contributed by atoms with Crippen molar-refractivity contribution in [3.05, 3.63) is 35.4 Å². The molecule has 2 nitrogen and oxygen atoms in total. The maximum atomic E-state index is 13.3. The first kappa shape index (κ1) is 10.2. The molecule has 0 aliphatic carbocycles. The van der Waals surface area contributed by atoms with E-state index < -0.39 is 11.6 Å². The average molecular weight is 212 g/mol. The van der Waals surface area contributed by atoms with Gasteiger partial charge in [-0.05, 0) is 18.6 Å². The summed E-state index contributed by atoms with van der Waals surface area (Å²) >= 11 is 0. The van der Waals surface area contributed by atoms with Crippen molar-refractivity contribution in [3.63, 3.8) is 0 Å². The predicted octanol–water partition coefficient (Wildman–Crippen LogP) is 2.18. The lowest BCUT2D eigenvalue weighted by molar-refractivity contribution is 0.0895. The zero-order valence-electron chi connectivity index (χ0n) is 8.00. The minimum Gasteiger partial charge on any atom is -0.381 e. The van der Waals surface area contributed by atoms with Crippen LogP contribution in [-0.2, 0) is 4.74 Å². The van der Waals surface area contributed by atoms with Gasteiger partial charge in [-0.25, -0.2) is 8.78 Å². The summed E-state index contributed by atoms with van der Waals surface area (Å²) < 4.78 is 31.2. The molecule has 0 aromatic heterocycles. The molecule has 1 aromatic carbocycles. The van der Waals surface area contributed by atoms with E-state index in [0.29, 0.717) is 19.6 Å². The van der Waals surface area contributed by atoms with E-state index in [1.807, 2.05) is 0 Å². The van der Waals surface area contributed by atoms with Gasteiger partial charge in [-0.3, -0.25) is 4.79 Å². The largest absolute Gasteiger partial charge is 0.381 e. The zero-order valence-corrected chi connectivity index (χ0v) is 8.00. The Bertz CT molecular complexity index is 384. The van der Waals surface area contributed by atoms with E-state index in [0.717, 1.165) is 6.07 Å². The van der Waals surface area contributed by atoms with Crippen LogP contribution >= 0.6 is 0 Å². The highest BCUT2D eigenvalue weighted by molar-refractivity contribution is 5.98. The highest BCUT2D eigenvalue weighted by atomic mass is 19.2. The summed E-state index contributed by atoms with van der Waals surface area (Å²) in [6, 6.07) is 3.64. The second-order valence-electron chi connectivity index (χ2n) is 3.53. The minimum atomic E-state index is -1.06. The SMILES string of the molecule is O=C(c1cccc(F)c1F)C1CCOC1. The summed E-state index contributed by atoms with van der Waals surface area (Å²) in [4.78, 5) is 11.7. The van der Waals surface area contributed by atoms with Crippen LogP contribution in [0.1, 0.15) is 16.8 Å². The van der Waals surface area contributed by atoms with Crippen molar-refractivity contribution in [3.8, 4) is 0 Å². The topological polar surface area (TPSA) is 26.3 Å². The monoisotopic (exact) mass is 212 g/mol. The fraction of sp³-hybridized carbons (Fsp3) is 0.364. The van der Waals surface area contributed by atoms with Crippen LogP contribution in [0.2, 0.25) is 0 Å². The smallest absolute Gasteiger partial charge is 0.171 e. The number of carbonyl (C=O) groups is 1. The maximum Gasteiger partial charge on any atom is 0.171 e. The standard InChI is InChI=1S/C11H10F2O2/c12-9-3-1-2-8(10(9)13)11(14)7-4-5-15-6-7/h1-3,7H,4-6H2. The first-order valence-electron chi connectivity index (χ1n) is 4.76. The normalized spacial score (nSPS) is 20.5. The summed E-state index contributed by atoms with van der Waals surface area (Å²) in [6.45, 7) is 0.808. The number of Topliss-reactive ketones (excluding diaryl/α,β-unsaturated/α-hetero) is 1. The van der Waals surface area contributed by atoms with Crippen molar-refractivity contribution in [1.82, 2.24) is 0 Å². The van der Waals surface area contributed by atoms with Gasteiger partial charge in [0.05, 0.1) is 12.2 Å². The molecule has 0 saturated carbocycles. The molecule has 1 saturated heterocycles. The lowest BCUT2D eigenvalue weighted by atomic mass is 9.96. The third-order valence-electron chi connectivity index (χ3n) is 2.52. The van der Waals surface area contributed by atoms with Gasteiger partial charge in [0, 0.05) is 12.5 Å². The number of ketones is 1. The molecule has 1 unspecified atom stereocenters. The summed E-state index contributed by atoms with van der Waals surface area (Å²) in [5.74, 6) is -2.75. The summed E-state index contributed by atoms with van der Waals surface area (Å²) in [5.41, 5.74) is -0.175. The van der Waals surface area contributed by atoms with Gasteiger partial charge in [-0.15, -0.1) is 0 Å². The molecule has 1 aliphatic rings. The van der Waals surface area contributed by atoms with Crippen molar-refractivity contribution < 1.29 is 18.3 Å². The molecule has 0 bridgehead atoms. The Balaban J connectivity index is 2.28. The van der Waals surface area contributed by atoms with Crippen LogP contribution in [0.3, 0.4) is 0 Å². The van der Waals surface area contributed by atoms with E-state index in [1.54, 1.807) is 0 Å². The van der Waals surface area contributed by atoms with Crippen LogP contribution in [0.5, 0.6) is 0 Å². The second kappa shape index (κ2) is 4.06. The molecule has 0 spiro atoms. The number of carbonyl (C=O) groups excluding carboxylic acids is 1. The number of halogens is 2. The third kappa shape index (κ3) is 1.90. The summed E-state index contributed by atoms with van der Waals surface area (Å²) in [5, 5.41) is 0. The molecule has 2 rings (SSSR count). The second-order valence-corrected chi connectivity index (χ2v) is 3.53. The predicted molar refractivity (Wildman–Crippen MR) is 49.6 cm³/mol.